The molecule has 0 aliphatic rings. The molecule has 58 valence electrons. The number of hydrogen-bond acceptors (Lipinski definition) is 3. The Morgan fingerprint density at radius 3 is 3.09 bits per heavy atom. The first-order valence-electron chi connectivity index (χ1n) is 3.11. The number of rotatable bonds is 2. The van der Waals surface area contributed by atoms with Crippen LogP contribution in [0.5, 0.6) is 0 Å². The first-order valence-corrected chi connectivity index (χ1v) is 3.11. The number of aromatic nitrogens is 1. The van der Waals surface area contributed by atoms with Crippen molar-refractivity contribution >= 4 is 0 Å². The van der Waals surface area contributed by atoms with Gasteiger partial charge in [-0.1, -0.05) is 0 Å². The minimum Gasteiger partial charge on any atom is -0.382 e. The highest BCUT2D eigenvalue weighted by Crippen LogP contribution is 2.08. The maximum absolute atomic E-state index is 10.5. The van der Waals surface area contributed by atoms with Crippen LogP contribution in [0.4, 0.5) is 0 Å². The highest BCUT2D eigenvalue weighted by atomic mass is 16.5. The molecule has 0 fully saturated rings. The topological polar surface area (TPSA) is 72.0 Å². The van der Waals surface area contributed by atoms with Crippen LogP contribution in [0.2, 0.25) is 0 Å². The zero-order valence-electron chi connectivity index (χ0n) is 5.83. The summed E-state index contributed by atoms with van der Waals surface area (Å²) in [4.78, 5) is 10.5. The Bertz CT molecular complexity index is 318. The van der Waals surface area contributed by atoms with E-state index in [9.17, 15) is 4.79 Å². The molecule has 0 saturated heterocycles. The van der Waals surface area contributed by atoms with Crippen LogP contribution in [-0.4, -0.2) is 5.16 Å². The monoisotopic (exact) mass is 152 g/mol. The van der Waals surface area contributed by atoms with Gasteiger partial charge in [-0.2, -0.15) is 5.16 Å². The van der Waals surface area contributed by atoms with E-state index in [4.69, 9.17) is 16.7 Å². The van der Waals surface area contributed by atoms with Gasteiger partial charge in [0.15, 0.2) is 5.76 Å². The van der Waals surface area contributed by atoms with Crippen LogP contribution in [0.1, 0.15) is 18.2 Å². The summed E-state index contributed by atoms with van der Waals surface area (Å²) in [5.41, 5.74) is 5.23. The number of terminal acetylenes is 1. The molecule has 1 unspecified atom stereocenters. The Labute approximate surface area is 63.4 Å². The third-order valence-electron chi connectivity index (χ3n) is 1.25. The number of aromatic amines is 1. The summed E-state index contributed by atoms with van der Waals surface area (Å²) in [6, 6.07) is 0.904. The van der Waals surface area contributed by atoms with Gasteiger partial charge >= 0.3 is 0 Å². The van der Waals surface area contributed by atoms with Crippen molar-refractivity contribution in [3.05, 3.63) is 22.2 Å². The summed E-state index contributed by atoms with van der Waals surface area (Å²) in [6.45, 7) is 0. The van der Waals surface area contributed by atoms with E-state index in [-0.39, 0.29) is 11.6 Å². The molecule has 1 rings (SSSR count). The lowest BCUT2D eigenvalue weighted by atomic mass is 10.2. The van der Waals surface area contributed by atoms with Gasteiger partial charge in [0.05, 0.1) is 6.04 Å². The Balaban J connectivity index is 2.78. The Morgan fingerprint density at radius 2 is 2.64 bits per heavy atom. The summed E-state index contributed by atoms with van der Waals surface area (Å²) in [7, 11) is 0. The molecule has 1 heterocycles. The number of nitrogens with two attached hydrogens (primary N) is 1. The lowest BCUT2D eigenvalue weighted by Gasteiger charge is -1.99. The fraction of sp³-hybridized carbons (Fsp3) is 0.286. The van der Waals surface area contributed by atoms with E-state index in [0.717, 1.165) is 0 Å². The molecule has 0 aromatic carbocycles. The molecule has 0 radical (unpaired) electrons. The van der Waals surface area contributed by atoms with Gasteiger partial charge in [-0.3, -0.25) is 4.79 Å². The molecular weight excluding hydrogens is 144 g/mol. The van der Waals surface area contributed by atoms with Crippen molar-refractivity contribution in [2.24, 2.45) is 5.73 Å². The zero-order chi connectivity index (χ0) is 8.27. The van der Waals surface area contributed by atoms with Crippen molar-refractivity contribution in [1.82, 2.24) is 5.16 Å². The normalized spacial score (nSPS) is 12.4. The van der Waals surface area contributed by atoms with Crippen LogP contribution < -0.4 is 11.3 Å². The second kappa shape index (κ2) is 3.08. The molecule has 4 nitrogen and oxygen atoms in total. The molecule has 1 aromatic heterocycles. The number of H-pyrrole nitrogens is 1. The molecule has 0 bridgehead atoms. The smallest absolute Gasteiger partial charge is 0.280 e. The second-order valence-corrected chi connectivity index (χ2v) is 2.13. The molecule has 0 amide bonds. The maximum Gasteiger partial charge on any atom is 0.280 e. The van der Waals surface area contributed by atoms with Gasteiger partial charge in [-0.15, -0.1) is 12.3 Å². The lowest BCUT2D eigenvalue weighted by Crippen LogP contribution is -2.08. The van der Waals surface area contributed by atoms with Gasteiger partial charge in [0, 0.05) is 12.5 Å². The van der Waals surface area contributed by atoms with Crippen molar-refractivity contribution in [2.45, 2.75) is 12.5 Å². The third kappa shape index (κ3) is 1.72. The molecule has 0 spiro atoms. The number of hydrogen-bond donors (Lipinski definition) is 2. The average Bonchev–Trinajstić information content (AvgIpc) is 2.36. The van der Waals surface area contributed by atoms with Crippen LogP contribution in [0.15, 0.2) is 15.4 Å². The van der Waals surface area contributed by atoms with Crippen LogP contribution >= 0.6 is 0 Å². The summed E-state index contributed by atoms with van der Waals surface area (Å²) in [5, 5.41) is 2.13. The summed E-state index contributed by atoms with van der Waals surface area (Å²) >= 11 is 0. The first-order chi connectivity index (χ1) is 5.24. The van der Waals surface area contributed by atoms with E-state index in [0.29, 0.717) is 12.2 Å². The van der Waals surface area contributed by atoms with Crippen molar-refractivity contribution < 1.29 is 4.52 Å². The van der Waals surface area contributed by atoms with Crippen LogP contribution in [0.25, 0.3) is 0 Å². The van der Waals surface area contributed by atoms with Gasteiger partial charge in [-0.05, 0) is 0 Å². The van der Waals surface area contributed by atoms with Crippen LogP contribution in [0.3, 0.4) is 0 Å². The Morgan fingerprint density at radius 1 is 1.91 bits per heavy atom. The summed E-state index contributed by atoms with van der Waals surface area (Å²) in [6.07, 6.45) is 5.38. The van der Waals surface area contributed by atoms with E-state index in [1.165, 1.54) is 6.07 Å². The minimum atomic E-state index is -0.390. The maximum atomic E-state index is 10.5. The highest BCUT2D eigenvalue weighted by molar-refractivity contribution is 5.04. The zero-order valence-corrected chi connectivity index (χ0v) is 5.83. The van der Waals surface area contributed by atoms with Gasteiger partial charge < -0.3 is 10.3 Å². The Hall–Kier alpha value is -1.47. The van der Waals surface area contributed by atoms with Crippen molar-refractivity contribution in [3.8, 4) is 12.3 Å². The Kier molecular flexibility index (Phi) is 2.14. The standard InChI is InChI=1S/C7H8N2O2/c1-2-3-5(8)6-4-7(10)9-11-6/h1,4-5H,3,8H2,(H,9,10). The molecule has 0 saturated carbocycles. The van der Waals surface area contributed by atoms with Crippen molar-refractivity contribution in [1.29, 1.82) is 0 Å². The predicted octanol–water partition coefficient (Wildman–Crippen LogP) is -0.00900. The van der Waals surface area contributed by atoms with E-state index >= 15 is 0 Å². The molecule has 0 aliphatic heterocycles. The molecule has 1 atom stereocenters. The molecule has 4 heteroatoms. The van der Waals surface area contributed by atoms with Gasteiger partial charge in [-0.25, -0.2) is 0 Å². The first kappa shape index (κ1) is 7.63. The molecule has 3 N–H and O–H groups in total. The lowest BCUT2D eigenvalue weighted by molar-refractivity contribution is 0.359. The quantitative estimate of drug-likeness (QED) is 0.585. The molecule has 11 heavy (non-hydrogen) atoms. The largest absolute Gasteiger partial charge is 0.382 e. The van der Waals surface area contributed by atoms with Crippen LogP contribution in [-0.2, 0) is 0 Å². The SMILES string of the molecule is C#CCC(N)c1cc(=O)[nH]o1. The summed E-state index contributed by atoms with van der Waals surface area (Å²) in [5.74, 6) is 2.77. The minimum absolute atomic E-state index is 0.299. The summed E-state index contributed by atoms with van der Waals surface area (Å²) < 4.78 is 4.72. The van der Waals surface area contributed by atoms with Crippen molar-refractivity contribution in [2.75, 3.05) is 0 Å². The molecule has 1 aromatic rings. The highest BCUT2D eigenvalue weighted by Gasteiger charge is 2.08. The fourth-order valence-corrected chi connectivity index (χ4v) is 0.708. The van der Waals surface area contributed by atoms with Gasteiger partial charge in [0.1, 0.15) is 0 Å². The van der Waals surface area contributed by atoms with Gasteiger partial charge in [0.2, 0.25) is 0 Å². The van der Waals surface area contributed by atoms with Gasteiger partial charge in [0.25, 0.3) is 5.56 Å². The average molecular weight is 152 g/mol. The second-order valence-electron chi connectivity index (χ2n) is 2.13. The van der Waals surface area contributed by atoms with E-state index < -0.39 is 0 Å². The third-order valence-corrected chi connectivity index (χ3v) is 1.25. The van der Waals surface area contributed by atoms with E-state index in [2.05, 4.69) is 11.1 Å². The van der Waals surface area contributed by atoms with Crippen LogP contribution in [0, 0.1) is 12.3 Å². The van der Waals surface area contributed by atoms with E-state index in [1.54, 1.807) is 0 Å². The van der Waals surface area contributed by atoms with E-state index in [1.807, 2.05) is 0 Å². The molecular formula is C7H8N2O2. The van der Waals surface area contributed by atoms with Crippen molar-refractivity contribution in [3.63, 3.8) is 0 Å². The predicted molar refractivity (Wildman–Crippen MR) is 39.7 cm³/mol. The fourth-order valence-electron chi connectivity index (χ4n) is 0.708. The number of nitrogens with one attached hydrogen (secondary N) is 1. The molecule has 0 aliphatic carbocycles.